The maximum Gasteiger partial charge on any atom is 0.329 e. The Kier molecular flexibility index (Phi) is 10.2. The average Bonchev–Trinajstić information content (AvgIpc) is 3.25. The van der Waals surface area contributed by atoms with Gasteiger partial charge in [0.05, 0.1) is 12.7 Å². The lowest BCUT2D eigenvalue weighted by molar-refractivity contribution is -0.281. The molecule has 13 nitrogen and oxygen atoms in total. The first-order valence-corrected chi connectivity index (χ1v) is 12.0. The quantitative estimate of drug-likeness (QED) is 0.230. The number of esters is 1. The van der Waals surface area contributed by atoms with E-state index in [9.17, 15) is 34.5 Å². The third-order valence-electron chi connectivity index (χ3n) is 5.91. The van der Waals surface area contributed by atoms with E-state index in [4.69, 9.17) is 14.2 Å². The molecule has 2 rings (SSSR count). The van der Waals surface area contributed by atoms with Crippen molar-refractivity contribution in [1.29, 1.82) is 0 Å². The number of likely N-dealkylation sites (tertiary alicyclic amines) is 1. The standard InChI is InChI=1S/C23H39N3O10/c1-11(34-22-17(25-13(3)29)19(31)18(30)15(10-27)35-22)16(24-12(2)28)20(32)26-9-7-8-14(26)21(33)36-23(4,5)6/h11,14-19,22,27,30-31H,7-10H2,1-6H3,(H,24,28)(H,25,29)/t11-,14+,15-,16+,17-,18+,19-,22+/m1/s1. The Balaban J connectivity index is 2.26. The molecule has 0 aromatic heterocycles. The summed E-state index contributed by atoms with van der Waals surface area (Å²) >= 11 is 0. The molecular weight excluding hydrogens is 478 g/mol. The summed E-state index contributed by atoms with van der Waals surface area (Å²) < 4.78 is 16.9. The van der Waals surface area contributed by atoms with Gasteiger partial charge in [0.1, 0.15) is 42.0 Å². The van der Waals surface area contributed by atoms with E-state index in [0.29, 0.717) is 12.8 Å². The van der Waals surface area contributed by atoms with Gasteiger partial charge in [-0.25, -0.2) is 4.79 Å². The molecule has 2 saturated heterocycles. The Morgan fingerprint density at radius 1 is 1.11 bits per heavy atom. The van der Waals surface area contributed by atoms with Crippen molar-refractivity contribution in [3.05, 3.63) is 0 Å². The molecule has 0 unspecified atom stereocenters. The largest absolute Gasteiger partial charge is 0.458 e. The van der Waals surface area contributed by atoms with Crippen molar-refractivity contribution in [2.45, 2.75) is 109 Å². The number of hydrogen-bond acceptors (Lipinski definition) is 10. The number of rotatable bonds is 8. The molecule has 0 aromatic carbocycles. The zero-order valence-electron chi connectivity index (χ0n) is 21.6. The molecule has 36 heavy (non-hydrogen) atoms. The van der Waals surface area contributed by atoms with Crippen LogP contribution in [0.15, 0.2) is 0 Å². The zero-order valence-corrected chi connectivity index (χ0v) is 21.6. The minimum absolute atomic E-state index is 0.275. The van der Waals surface area contributed by atoms with E-state index in [1.54, 1.807) is 20.8 Å². The molecule has 5 N–H and O–H groups in total. The maximum atomic E-state index is 13.5. The first-order valence-electron chi connectivity index (χ1n) is 12.0. The second-order valence-corrected chi connectivity index (χ2v) is 10.2. The van der Waals surface area contributed by atoms with Crippen LogP contribution in [0.3, 0.4) is 0 Å². The number of carbonyl (C=O) groups is 4. The second-order valence-electron chi connectivity index (χ2n) is 10.2. The molecule has 0 saturated carbocycles. The van der Waals surface area contributed by atoms with E-state index in [-0.39, 0.29) is 6.54 Å². The molecule has 2 aliphatic heterocycles. The van der Waals surface area contributed by atoms with E-state index in [1.807, 2.05) is 0 Å². The van der Waals surface area contributed by atoms with Gasteiger partial charge in [-0.05, 0) is 40.5 Å². The van der Waals surface area contributed by atoms with Gasteiger partial charge in [-0.15, -0.1) is 0 Å². The predicted octanol–water partition coefficient (Wildman–Crippen LogP) is -1.83. The van der Waals surface area contributed by atoms with Gasteiger partial charge in [-0.3, -0.25) is 14.4 Å². The molecule has 0 spiro atoms. The summed E-state index contributed by atoms with van der Waals surface area (Å²) in [6, 6.07) is -3.30. The number of aliphatic hydroxyl groups is 3. The molecule has 13 heteroatoms. The van der Waals surface area contributed by atoms with Crippen molar-refractivity contribution in [3.8, 4) is 0 Å². The minimum atomic E-state index is -1.54. The van der Waals surface area contributed by atoms with Gasteiger partial charge in [0, 0.05) is 20.4 Å². The van der Waals surface area contributed by atoms with Crippen molar-refractivity contribution in [2.75, 3.05) is 13.2 Å². The average molecular weight is 518 g/mol. The summed E-state index contributed by atoms with van der Waals surface area (Å²) in [4.78, 5) is 51.2. The maximum absolute atomic E-state index is 13.5. The highest BCUT2D eigenvalue weighted by molar-refractivity contribution is 5.91. The molecule has 2 fully saturated rings. The van der Waals surface area contributed by atoms with Crippen LogP contribution in [0.5, 0.6) is 0 Å². The van der Waals surface area contributed by atoms with Crippen LogP contribution in [0.2, 0.25) is 0 Å². The van der Waals surface area contributed by atoms with Crippen molar-refractivity contribution >= 4 is 23.7 Å². The van der Waals surface area contributed by atoms with Gasteiger partial charge < -0.3 is 45.1 Å². The number of hydrogen-bond donors (Lipinski definition) is 5. The van der Waals surface area contributed by atoms with Crippen LogP contribution in [0.1, 0.15) is 54.4 Å². The van der Waals surface area contributed by atoms with Gasteiger partial charge in [0.2, 0.25) is 17.7 Å². The fourth-order valence-electron chi connectivity index (χ4n) is 4.30. The van der Waals surface area contributed by atoms with Gasteiger partial charge in [0.15, 0.2) is 6.29 Å². The zero-order chi connectivity index (χ0) is 27.4. The van der Waals surface area contributed by atoms with Crippen LogP contribution >= 0.6 is 0 Å². The fraction of sp³-hybridized carbons (Fsp3) is 0.826. The van der Waals surface area contributed by atoms with Gasteiger partial charge in [-0.2, -0.15) is 0 Å². The number of amides is 3. The Hall–Kier alpha value is -2.32. The molecule has 0 aliphatic carbocycles. The van der Waals surface area contributed by atoms with Crippen molar-refractivity contribution < 1.29 is 48.7 Å². The van der Waals surface area contributed by atoms with E-state index < -0.39 is 84.7 Å². The fourth-order valence-corrected chi connectivity index (χ4v) is 4.30. The molecule has 206 valence electrons. The summed E-state index contributed by atoms with van der Waals surface area (Å²) in [5.41, 5.74) is -0.743. The highest BCUT2D eigenvalue weighted by atomic mass is 16.7. The number of nitrogens with zero attached hydrogens (tertiary/aromatic N) is 1. The topological polar surface area (TPSA) is 184 Å². The molecule has 2 aliphatic rings. The van der Waals surface area contributed by atoms with Crippen LogP contribution in [-0.4, -0.2) is 111 Å². The van der Waals surface area contributed by atoms with E-state index in [0.717, 1.165) is 0 Å². The van der Waals surface area contributed by atoms with Gasteiger partial charge >= 0.3 is 5.97 Å². The lowest BCUT2D eigenvalue weighted by atomic mass is 9.96. The number of nitrogens with one attached hydrogen (secondary N) is 2. The number of aliphatic hydroxyl groups excluding tert-OH is 3. The Labute approximate surface area is 210 Å². The second kappa shape index (κ2) is 12.3. The Morgan fingerprint density at radius 3 is 2.28 bits per heavy atom. The highest BCUT2D eigenvalue weighted by Gasteiger charge is 2.47. The third-order valence-corrected chi connectivity index (χ3v) is 5.91. The monoisotopic (exact) mass is 517 g/mol. The van der Waals surface area contributed by atoms with Crippen LogP contribution in [0, 0.1) is 0 Å². The summed E-state index contributed by atoms with van der Waals surface area (Å²) in [7, 11) is 0. The van der Waals surface area contributed by atoms with Crippen molar-refractivity contribution in [1.82, 2.24) is 15.5 Å². The number of carbonyl (C=O) groups excluding carboxylic acids is 4. The molecule has 2 heterocycles. The first kappa shape index (κ1) is 29.9. The smallest absolute Gasteiger partial charge is 0.329 e. The molecule has 0 aromatic rings. The van der Waals surface area contributed by atoms with Crippen LogP contribution in [-0.2, 0) is 33.4 Å². The SMILES string of the molecule is CC(=O)N[C@H]1[C@@H](O[C@H](C)[C@H](NC(C)=O)C(=O)N2CCC[C@H]2C(=O)OC(C)(C)C)O[C@H](CO)[C@H](O)[C@@H]1O. The summed E-state index contributed by atoms with van der Waals surface area (Å²) in [5, 5.41) is 35.2. The summed E-state index contributed by atoms with van der Waals surface area (Å²) in [6.45, 7) is 8.72. The Morgan fingerprint density at radius 2 is 1.75 bits per heavy atom. The molecule has 3 amide bonds. The molecule has 0 radical (unpaired) electrons. The summed E-state index contributed by atoms with van der Waals surface area (Å²) in [5.74, 6) is -2.18. The Bertz CT molecular complexity index is 816. The predicted molar refractivity (Wildman–Crippen MR) is 124 cm³/mol. The lowest BCUT2D eigenvalue weighted by Crippen LogP contribution is -2.66. The van der Waals surface area contributed by atoms with Crippen LogP contribution in [0.25, 0.3) is 0 Å². The molecule has 8 atom stereocenters. The van der Waals surface area contributed by atoms with E-state index in [1.165, 1.54) is 25.7 Å². The summed E-state index contributed by atoms with van der Waals surface area (Å²) in [6.07, 6.45) is -5.73. The van der Waals surface area contributed by atoms with Crippen molar-refractivity contribution in [2.24, 2.45) is 0 Å². The van der Waals surface area contributed by atoms with Crippen LogP contribution in [0.4, 0.5) is 0 Å². The first-order chi connectivity index (χ1) is 16.7. The van der Waals surface area contributed by atoms with E-state index in [2.05, 4.69) is 10.6 Å². The van der Waals surface area contributed by atoms with Crippen LogP contribution < -0.4 is 10.6 Å². The number of ether oxygens (including phenoxy) is 3. The normalized spacial score (nSPS) is 30.3. The third kappa shape index (κ3) is 7.59. The van der Waals surface area contributed by atoms with Gasteiger partial charge in [-0.1, -0.05) is 0 Å². The van der Waals surface area contributed by atoms with E-state index >= 15 is 0 Å². The lowest BCUT2D eigenvalue weighted by Gasteiger charge is -2.43. The molecular formula is C23H39N3O10. The molecule has 0 bridgehead atoms. The van der Waals surface area contributed by atoms with Gasteiger partial charge in [0.25, 0.3) is 0 Å². The van der Waals surface area contributed by atoms with Crippen molar-refractivity contribution in [3.63, 3.8) is 0 Å². The highest BCUT2D eigenvalue weighted by Crippen LogP contribution is 2.26. The minimum Gasteiger partial charge on any atom is -0.458 e.